The van der Waals surface area contributed by atoms with Gasteiger partial charge in [-0.05, 0) is 24.3 Å². The fourth-order valence-corrected chi connectivity index (χ4v) is 2.05. The van der Waals surface area contributed by atoms with Gasteiger partial charge in [-0.15, -0.1) is 0 Å². The minimum Gasteiger partial charge on any atom is -0.482 e. The zero-order chi connectivity index (χ0) is 15.1. The minimum absolute atomic E-state index is 0.0592. The predicted octanol–water partition coefficient (Wildman–Crippen LogP) is -0.00630. The van der Waals surface area contributed by atoms with Crippen molar-refractivity contribution in [3.8, 4) is 5.75 Å². The Hall–Kier alpha value is -2.12. The van der Waals surface area contributed by atoms with Crippen molar-refractivity contribution in [2.75, 3.05) is 44.6 Å². The van der Waals surface area contributed by atoms with Gasteiger partial charge in [0.2, 0.25) is 5.91 Å². The van der Waals surface area contributed by atoms with E-state index < -0.39 is 5.97 Å². The molecule has 114 valence electrons. The summed E-state index contributed by atoms with van der Waals surface area (Å²) in [5, 5.41) is 14.6. The summed E-state index contributed by atoms with van der Waals surface area (Å²) in [6.07, 6.45) is 0. The molecule has 1 aliphatic heterocycles. The molecule has 21 heavy (non-hydrogen) atoms. The van der Waals surface area contributed by atoms with E-state index in [-0.39, 0.29) is 12.5 Å². The van der Waals surface area contributed by atoms with Gasteiger partial charge in [0.25, 0.3) is 0 Å². The summed E-state index contributed by atoms with van der Waals surface area (Å²) in [5.41, 5.74) is 0.665. The van der Waals surface area contributed by atoms with Crippen LogP contribution in [0, 0.1) is 0 Å². The Balaban J connectivity index is 1.79. The van der Waals surface area contributed by atoms with Gasteiger partial charge in [0.05, 0.1) is 6.54 Å². The van der Waals surface area contributed by atoms with Gasteiger partial charge in [-0.3, -0.25) is 9.69 Å². The summed E-state index contributed by atoms with van der Waals surface area (Å²) >= 11 is 0. The van der Waals surface area contributed by atoms with Crippen LogP contribution in [0.4, 0.5) is 5.69 Å². The predicted molar refractivity (Wildman–Crippen MR) is 77.5 cm³/mol. The number of benzene rings is 1. The van der Waals surface area contributed by atoms with E-state index in [2.05, 4.69) is 15.5 Å². The molecule has 7 nitrogen and oxygen atoms in total. The highest BCUT2D eigenvalue weighted by molar-refractivity contribution is 5.92. The van der Waals surface area contributed by atoms with Gasteiger partial charge in [0.15, 0.2) is 6.61 Å². The molecule has 7 heteroatoms. The Morgan fingerprint density at radius 2 is 1.90 bits per heavy atom. The van der Waals surface area contributed by atoms with Crippen molar-refractivity contribution < 1.29 is 19.4 Å². The first-order valence-electron chi connectivity index (χ1n) is 6.81. The highest BCUT2D eigenvalue weighted by Gasteiger charge is 2.13. The number of carbonyl (C=O) groups is 2. The standard InChI is InChI=1S/C14H19N3O4/c18-13(9-17-7-5-15-6-8-17)16-11-1-3-12(4-2-11)21-10-14(19)20/h1-4,15H,5-10H2,(H,16,18)(H,19,20). The molecule has 0 bridgehead atoms. The summed E-state index contributed by atoms with van der Waals surface area (Å²) in [6, 6.07) is 6.63. The van der Waals surface area contributed by atoms with Crippen molar-refractivity contribution >= 4 is 17.6 Å². The number of carboxylic acids is 1. The van der Waals surface area contributed by atoms with E-state index >= 15 is 0 Å². The molecule has 1 heterocycles. The van der Waals surface area contributed by atoms with Crippen molar-refractivity contribution in [3.63, 3.8) is 0 Å². The summed E-state index contributed by atoms with van der Waals surface area (Å²) in [7, 11) is 0. The highest BCUT2D eigenvalue weighted by Crippen LogP contribution is 2.15. The number of ether oxygens (including phenoxy) is 1. The second-order valence-corrected chi connectivity index (χ2v) is 4.78. The molecule has 0 aliphatic carbocycles. The van der Waals surface area contributed by atoms with Crippen LogP contribution in [-0.4, -0.2) is 61.2 Å². The van der Waals surface area contributed by atoms with Gasteiger partial charge >= 0.3 is 5.97 Å². The molecule has 2 rings (SSSR count). The van der Waals surface area contributed by atoms with Gasteiger partial charge in [-0.2, -0.15) is 0 Å². The Labute approximate surface area is 122 Å². The molecule has 0 spiro atoms. The Morgan fingerprint density at radius 1 is 1.24 bits per heavy atom. The van der Waals surface area contributed by atoms with Crippen molar-refractivity contribution in [3.05, 3.63) is 24.3 Å². The number of hydrogen-bond donors (Lipinski definition) is 3. The third-order valence-electron chi connectivity index (χ3n) is 3.08. The van der Waals surface area contributed by atoms with Crippen molar-refractivity contribution in [1.82, 2.24) is 10.2 Å². The number of hydrogen-bond acceptors (Lipinski definition) is 5. The molecular weight excluding hydrogens is 274 g/mol. The molecule has 0 atom stereocenters. The van der Waals surface area contributed by atoms with Crippen LogP contribution >= 0.6 is 0 Å². The van der Waals surface area contributed by atoms with Crippen LogP contribution < -0.4 is 15.4 Å². The molecule has 0 saturated carbocycles. The summed E-state index contributed by atoms with van der Waals surface area (Å²) in [4.78, 5) is 24.4. The number of carboxylic acid groups (broad SMARTS) is 1. The number of carbonyl (C=O) groups excluding carboxylic acids is 1. The maximum Gasteiger partial charge on any atom is 0.341 e. The maximum atomic E-state index is 11.9. The molecule has 0 aromatic heterocycles. The number of nitrogens with zero attached hydrogens (tertiary/aromatic N) is 1. The second-order valence-electron chi connectivity index (χ2n) is 4.78. The van der Waals surface area contributed by atoms with Crippen LogP contribution in [0.15, 0.2) is 24.3 Å². The van der Waals surface area contributed by atoms with E-state index in [0.29, 0.717) is 18.0 Å². The largest absolute Gasteiger partial charge is 0.482 e. The van der Waals surface area contributed by atoms with Crippen LogP contribution in [0.5, 0.6) is 5.75 Å². The second kappa shape index (κ2) is 7.61. The van der Waals surface area contributed by atoms with Crippen LogP contribution in [0.1, 0.15) is 0 Å². The summed E-state index contributed by atoms with van der Waals surface area (Å²) in [6.45, 7) is 3.55. The van der Waals surface area contributed by atoms with Gasteiger partial charge in [0, 0.05) is 31.9 Å². The van der Waals surface area contributed by atoms with E-state index in [1.54, 1.807) is 24.3 Å². The lowest BCUT2D eigenvalue weighted by Gasteiger charge is -2.26. The summed E-state index contributed by atoms with van der Waals surface area (Å²) in [5.74, 6) is -0.628. The third kappa shape index (κ3) is 5.41. The molecule has 1 aromatic rings. The lowest BCUT2D eigenvalue weighted by Crippen LogP contribution is -2.46. The zero-order valence-corrected chi connectivity index (χ0v) is 11.7. The molecule has 0 radical (unpaired) electrons. The maximum absolute atomic E-state index is 11.9. The topological polar surface area (TPSA) is 90.9 Å². The van der Waals surface area contributed by atoms with E-state index in [9.17, 15) is 9.59 Å². The first kappa shape index (κ1) is 15.3. The number of piperazine rings is 1. The number of nitrogens with one attached hydrogen (secondary N) is 2. The molecule has 1 aliphatic rings. The first-order valence-corrected chi connectivity index (χ1v) is 6.81. The number of rotatable bonds is 6. The quantitative estimate of drug-likeness (QED) is 0.683. The highest BCUT2D eigenvalue weighted by atomic mass is 16.5. The number of aliphatic carboxylic acids is 1. The molecule has 1 fully saturated rings. The van der Waals surface area contributed by atoms with Crippen LogP contribution in [-0.2, 0) is 9.59 Å². The lowest BCUT2D eigenvalue weighted by molar-refractivity contribution is -0.139. The Bertz CT molecular complexity index is 483. The van der Waals surface area contributed by atoms with Crippen LogP contribution in [0.3, 0.4) is 0 Å². The van der Waals surface area contributed by atoms with Crippen molar-refractivity contribution in [1.29, 1.82) is 0 Å². The molecule has 1 aromatic carbocycles. The van der Waals surface area contributed by atoms with E-state index in [4.69, 9.17) is 9.84 Å². The average Bonchev–Trinajstić information content (AvgIpc) is 2.47. The van der Waals surface area contributed by atoms with Gasteiger partial charge in [-0.1, -0.05) is 0 Å². The molecule has 3 N–H and O–H groups in total. The third-order valence-corrected chi connectivity index (χ3v) is 3.08. The summed E-state index contributed by atoms with van der Waals surface area (Å²) < 4.78 is 5.02. The zero-order valence-electron chi connectivity index (χ0n) is 11.7. The molecule has 0 unspecified atom stereocenters. The van der Waals surface area contributed by atoms with Gasteiger partial charge in [0.1, 0.15) is 5.75 Å². The van der Waals surface area contributed by atoms with Crippen LogP contribution in [0.25, 0.3) is 0 Å². The van der Waals surface area contributed by atoms with Crippen LogP contribution in [0.2, 0.25) is 0 Å². The lowest BCUT2D eigenvalue weighted by atomic mass is 10.3. The fourth-order valence-electron chi connectivity index (χ4n) is 2.05. The number of anilines is 1. The fraction of sp³-hybridized carbons (Fsp3) is 0.429. The molecule has 1 saturated heterocycles. The molecule has 1 amide bonds. The van der Waals surface area contributed by atoms with Crippen molar-refractivity contribution in [2.24, 2.45) is 0 Å². The van der Waals surface area contributed by atoms with Gasteiger partial charge in [-0.25, -0.2) is 4.79 Å². The van der Waals surface area contributed by atoms with Gasteiger partial charge < -0.3 is 20.5 Å². The monoisotopic (exact) mass is 293 g/mol. The molecular formula is C14H19N3O4. The van der Waals surface area contributed by atoms with E-state index in [1.807, 2.05) is 0 Å². The van der Waals surface area contributed by atoms with E-state index in [0.717, 1.165) is 26.2 Å². The smallest absolute Gasteiger partial charge is 0.341 e. The average molecular weight is 293 g/mol. The Kier molecular flexibility index (Phi) is 5.53. The first-order chi connectivity index (χ1) is 10.1. The number of amides is 1. The Morgan fingerprint density at radius 3 is 2.52 bits per heavy atom. The van der Waals surface area contributed by atoms with Crippen molar-refractivity contribution in [2.45, 2.75) is 0 Å². The van der Waals surface area contributed by atoms with E-state index in [1.165, 1.54) is 0 Å². The SMILES string of the molecule is O=C(O)COc1ccc(NC(=O)CN2CCNCC2)cc1. The minimum atomic E-state index is -1.02. The normalized spacial score (nSPS) is 15.4.